The Kier molecular flexibility index (Phi) is 5.58. The predicted octanol–water partition coefficient (Wildman–Crippen LogP) is 3.62. The van der Waals surface area contributed by atoms with E-state index in [1.807, 2.05) is 37.3 Å². The predicted molar refractivity (Wildman–Crippen MR) is 90.5 cm³/mol. The van der Waals surface area contributed by atoms with Gasteiger partial charge in [0, 0.05) is 24.3 Å². The molecule has 0 aliphatic rings. The maximum atomic E-state index is 5.16. The average Bonchev–Trinajstić information content (AvgIpc) is 2.52. The minimum atomic E-state index is 0.392. The number of benzene rings is 1. The van der Waals surface area contributed by atoms with Gasteiger partial charge in [0.15, 0.2) is 0 Å². The number of ether oxygens (including phenoxy) is 1. The first-order valence-corrected chi connectivity index (χ1v) is 7.59. The van der Waals surface area contributed by atoms with Gasteiger partial charge in [-0.15, -0.1) is 0 Å². The van der Waals surface area contributed by atoms with Crippen molar-refractivity contribution in [2.45, 2.75) is 39.8 Å². The van der Waals surface area contributed by atoms with Crippen LogP contribution in [0.1, 0.15) is 31.5 Å². The Labute approximate surface area is 132 Å². The molecule has 1 atom stereocenters. The molecule has 118 valence electrons. The fourth-order valence-electron chi connectivity index (χ4n) is 2.00. The number of aryl methyl sites for hydroxylation is 1. The third kappa shape index (κ3) is 4.62. The molecule has 1 unspecified atom stereocenters. The Morgan fingerprint density at radius 2 is 1.91 bits per heavy atom. The fraction of sp³-hybridized carbons (Fsp3) is 0.412. The molecule has 2 rings (SSSR count). The van der Waals surface area contributed by atoms with Gasteiger partial charge in [-0.2, -0.15) is 4.98 Å². The van der Waals surface area contributed by atoms with Gasteiger partial charge in [-0.05, 0) is 38.0 Å². The summed E-state index contributed by atoms with van der Waals surface area (Å²) in [6.07, 6.45) is 1.05. The van der Waals surface area contributed by atoms with Crippen LogP contribution in [0.5, 0.6) is 5.75 Å². The number of nitrogens with zero attached hydrogens (tertiary/aromatic N) is 2. The highest BCUT2D eigenvalue weighted by Crippen LogP contribution is 2.14. The van der Waals surface area contributed by atoms with Crippen LogP contribution in [0.25, 0.3) is 0 Å². The molecule has 0 saturated carbocycles. The smallest absolute Gasteiger partial charge is 0.225 e. The zero-order valence-electron chi connectivity index (χ0n) is 13.7. The van der Waals surface area contributed by atoms with Gasteiger partial charge < -0.3 is 15.4 Å². The van der Waals surface area contributed by atoms with Crippen molar-refractivity contribution in [3.8, 4) is 5.75 Å². The summed E-state index contributed by atoms with van der Waals surface area (Å²) in [7, 11) is 1.67. The van der Waals surface area contributed by atoms with Crippen molar-refractivity contribution in [3.63, 3.8) is 0 Å². The second-order valence-corrected chi connectivity index (χ2v) is 5.37. The van der Waals surface area contributed by atoms with Crippen molar-refractivity contribution < 1.29 is 4.74 Å². The molecule has 2 N–H and O–H groups in total. The van der Waals surface area contributed by atoms with Crippen molar-refractivity contribution >= 4 is 11.8 Å². The largest absolute Gasteiger partial charge is 0.497 e. The number of anilines is 2. The molecular formula is C17H24N4O. The summed E-state index contributed by atoms with van der Waals surface area (Å²) in [6, 6.07) is 10.3. The zero-order valence-corrected chi connectivity index (χ0v) is 13.7. The molecule has 0 spiro atoms. The summed E-state index contributed by atoms with van der Waals surface area (Å²) in [5, 5.41) is 6.65. The number of rotatable bonds is 7. The summed E-state index contributed by atoms with van der Waals surface area (Å²) in [6.45, 7) is 6.94. The molecule has 0 amide bonds. The fourth-order valence-corrected chi connectivity index (χ4v) is 2.00. The number of nitrogens with one attached hydrogen (secondary N) is 2. The lowest BCUT2D eigenvalue weighted by molar-refractivity contribution is 0.414. The van der Waals surface area contributed by atoms with E-state index < -0.39 is 0 Å². The van der Waals surface area contributed by atoms with Gasteiger partial charge in [0.05, 0.1) is 7.11 Å². The molecule has 2 aromatic rings. The van der Waals surface area contributed by atoms with Crippen LogP contribution in [-0.2, 0) is 6.54 Å². The molecule has 0 saturated heterocycles. The van der Waals surface area contributed by atoms with E-state index in [4.69, 9.17) is 4.74 Å². The molecule has 5 nitrogen and oxygen atoms in total. The number of hydrogen-bond donors (Lipinski definition) is 2. The van der Waals surface area contributed by atoms with Crippen LogP contribution in [0.15, 0.2) is 30.3 Å². The lowest BCUT2D eigenvalue weighted by atomic mass is 10.2. The van der Waals surface area contributed by atoms with Gasteiger partial charge in [0.25, 0.3) is 0 Å². The van der Waals surface area contributed by atoms with Crippen molar-refractivity contribution in [1.29, 1.82) is 0 Å². The highest BCUT2D eigenvalue weighted by molar-refractivity contribution is 5.43. The topological polar surface area (TPSA) is 59.1 Å². The van der Waals surface area contributed by atoms with E-state index in [0.717, 1.165) is 29.2 Å². The summed E-state index contributed by atoms with van der Waals surface area (Å²) in [4.78, 5) is 8.94. The van der Waals surface area contributed by atoms with E-state index in [0.29, 0.717) is 18.5 Å². The molecule has 0 aliphatic carbocycles. The van der Waals surface area contributed by atoms with E-state index in [9.17, 15) is 0 Å². The second-order valence-electron chi connectivity index (χ2n) is 5.37. The molecular weight excluding hydrogens is 276 g/mol. The van der Waals surface area contributed by atoms with Crippen LogP contribution in [-0.4, -0.2) is 23.1 Å². The average molecular weight is 300 g/mol. The van der Waals surface area contributed by atoms with Crippen molar-refractivity contribution in [3.05, 3.63) is 41.6 Å². The van der Waals surface area contributed by atoms with Crippen molar-refractivity contribution in [1.82, 2.24) is 9.97 Å². The molecule has 0 radical (unpaired) electrons. The zero-order chi connectivity index (χ0) is 15.9. The Hall–Kier alpha value is -2.30. The summed E-state index contributed by atoms with van der Waals surface area (Å²) in [5.41, 5.74) is 2.10. The van der Waals surface area contributed by atoms with Gasteiger partial charge >= 0.3 is 0 Å². The van der Waals surface area contributed by atoms with Crippen LogP contribution in [0.3, 0.4) is 0 Å². The minimum Gasteiger partial charge on any atom is -0.497 e. The molecule has 0 bridgehead atoms. The van der Waals surface area contributed by atoms with E-state index in [-0.39, 0.29) is 0 Å². The highest BCUT2D eigenvalue weighted by atomic mass is 16.5. The van der Waals surface area contributed by atoms with Gasteiger partial charge in [-0.3, -0.25) is 0 Å². The van der Waals surface area contributed by atoms with Gasteiger partial charge in [0.2, 0.25) is 5.95 Å². The Balaban J connectivity index is 2.02. The Bertz CT molecular complexity index is 598. The minimum absolute atomic E-state index is 0.392. The van der Waals surface area contributed by atoms with Crippen LogP contribution >= 0.6 is 0 Å². The molecule has 1 heterocycles. The van der Waals surface area contributed by atoms with Gasteiger partial charge in [-0.25, -0.2) is 4.98 Å². The van der Waals surface area contributed by atoms with E-state index in [1.165, 1.54) is 0 Å². The molecule has 0 aliphatic heterocycles. The van der Waals surface area contributed by atoms with E-state index in [1.54, 1.807) is 7.11 Å². The maximum Gasteiger partial charge on any atom is 0.225 e. The van der Waals surface area contributed by atoms with Crippen molar-refractivity contribution in [2.24, 2.45) is 0 Å². The SMILES string of the molecule is CCC(C)Nc1cc(C)nc(NCc2ccc(OC)cc2)n1. The van der Waals surface area contributed by atoms with Crippen LogP contribution in [0.2, 0.25) is 0 Å². The number of methoxy groups -OCH3 is 1. The first-order valence-electron chi connectivity index (χ1n) is 7.59. The number of aromatic nitrogens is 2. The third-order valence-electron chi connectivity index (χ3n) is 3.47. The molecule has 1 aromatic heterocycles. The van der Waals surface area contributed by atoms with Gasteiger partial charge in [0.1, 0.15) is 11.6 Å². The maximum absolute atomic E-state index is 5.16. The monoisotopic (exact) mass is 300 g/mol. The van der Waals surface area contributed by atoms with Crippen molar-refractivity contribution in [2.75, 3.05) is 17.7 Å². The Morgan fingerprint density at radius 1 is 1.18 bits per heavy atom. The quantitative estimate of drug-likeness (QED) is 0.818. The highest BCUT2D eigenvalue weighted by Gasteiger charge is 2.05. The second kappa shape index (κ2) is 7.64. The lowest BCUT2D eigenvalue weighted by Gasteiger charge is -2.14. The Morgan fingerprint density at radius 3 is 2.55 bits per heavy atom. The molecule has 0 fully saturated rings. The summed E-state index contributed by atoms with van der Waals surface area (Å²) >= 11 is 0. The first-order chi connectivity index (χ1) is 10.6. The van der Waals surface area contributed by atoms with Crippen LogP contribution in [0.4, 0.5) is 11.8 Å². The van der Waals surface area contributed by atoms with Crippen LogP contribution in [0, 0.1) is 6.92 Å². The number of hydrogen-bond acceptors (Lipinski definition) is 5. The normalized spacial score (nSPS) is 11.8. The lowest BCUT2D eigenvalue weighted by Crippen LogP contribution is -2.15. The molecule has 1 aromatic carbocycles. The molecule has 5 heteroatoms. The third-order valence-corrected chi connectivity index (χ3v) is 3.47. The summed E-state index contributed by atoms with van der Waals surface area (Å²) < 4.78 is 5.16. The molecule has 22 heavy (non-hydrogen) atoms. The van der Waals surface area contributed by atoms with E-state index in [2.05, 4.69) is 34.4 Å². The van der Waals surface area contributed by atoms with Gasteiger partial charge in [-0.1, -0.05) is 19.1 Å². The van der Waals surface area contributed by atoms with E-state index >= 15 is 0 Å². The first kappa shape index (κ1) is 16.1. The standard InChI is InChI=1S/C17H24N4O/c1-5-12(2)19-16-10-13(3)20-17(21-16)18-11-14-6-8-15(22-4)9-7-14/h6-10,12H,5,11H2,1-4H3,(H2,18,19,20,21). The van der Waals surface area contributed by atoms with Crippen LogP contribution < -0.4 is 15.4 Å². The summed E-state index contributed by atoms with van der Waals surface area (Å²) in [5.74, 6) is 2.36.